The molecule has 0 aromatic heterocycles. The van der Waals surface area contributed by atoms with Crippen molar-refractivity contribution < 1.29 is 0 Å². The molecule has 0 saturated carbocycles. The van der Waals surface area contributed by atoms with Crippen LogP contribution in [0.15, 0.2) is 224 Å². The highest BCUT2D eigenvalue weighted by Crippen LogP contribution is 2.50. The van der Waals surface area contributed by atoms with E-state index in [2.05, 4.69) is 246 Å². The zero-order valence-electron chi connectivity index (χ0n) is 28.8. The van der Waals surface area contributed by atoms with Gasteiger partial charge >= 0.3 is 0 Å². The van der Waals surface area contributed by atoms with E-state index in [-0.39, 0.29) is 6.04 Å². The molecule has 0 radical (unpaired) electrons. The van der Waals surface area contributed by atoms with Gasteiger partial charge in [-0.3, -0.25) is 0 Å². The van der Waals surface area contributed by atoms with E-state index in [4.69, 9.17) is 0 Å². The molecule has 0 N–H and O–H groups in total. The maximum Gasteiger partial charge on any atom is 0.0780 e. The van der Waals surface area contributed by atoms with Crippen LogP contribution in [-0.2, 0) is 0 Å². The van der Waals surface area contributed by atoms with E-state index in [9.17, 15) is 0 Å². The highest BCUT2D eigenvalue weighted by atomic mass is 15.3. The van der Waals surface area contributed by atoms with Crippen LogP contribution < -0.4 is 14.7 Å². The Morgan fingerprint density at radius 1 is 0.353 bits per heavy atom. The van der Waals surface area contributed by atoms with Crippen LogP contribution >= 0.6 is 0 Å². The van der Waals surface area contributed by atoms with Crippen molar-refractivity contribution in [2.24, 2.45) is 0 Å². The van der Waals surface area contributed by atoms with Crippen LogP contribution in [0.5, 0.6) is 0 Å². The van der Waals surface area contributed by atoms with Crippen molar-refractivity contribution >= 4 is 45.5 Å². The van der Waals surface area contributed by atoms with Gasteiger partial charge in [0.15, 0.2) is 0 Å². The molecular formula is C48H41N3. The van der Waals surface area contributed by atoms with E-state index < -0.39 is 0 Å². The number of benzene rings is 7. The molecule has 7 rings (SSSR count). The normalized spacial score (nSPS) is 11.8. The minimum Gasteiger partial charge on any atom is -0.327 e. The molecule has 0 bridgehead atoms. The molecule has 3 nitrogen and oxygen atoms in total. The first-order valence-electron chi connectivity index (χ1n) is 17.5. The zero-order valence-corrected chi connectivity index (χ0v) is 28.8. The molecule has 0 aliphatic rings. The number of hydrogen-bond donors (Lipinski definition) is 0. The Morgan fingerprint density at radius 3 is 1.02 bits per heavy atom. The second-order valence-electron chi connectivity index (χ2n) is 12.1. The second kappa shape index (κ2) is 16.2. The lowest BCUT2D eigenvalue weighted by Gasteiger charge is -2.39. The van der Waals surface area contributed by atoms with Crippen LogP contribution in [0.4, 0.5) is 45.5 Å². The number of anilines is 8. The molecule has 7 aromatic rings. The van der Waals surface area contributed by atoms with Gasteiger partial charge in [-0.1, -0.05) is 152 Å². The van der Waals surface area contributed by atoms with Crippen molar-refractivity contribution in [3.05, 3.63) is 230 Å². The van der Waals surface area contributed by atoms with Crippen molar-refractivity contribution in [3.8, 4) is 0 Å². The predicted octanol–water partition coefficient (Wildman–Crippen LogP) is 13.6. The average molecular weight is 660 g/mol. The Kier molecular flexibility index (Phi) is 10.5. The number of nitrogens with zero attached hydrogens (tertiary/aromatic N) is 3. The number of allylic oxidation sites excluding steroid dienone is 3. The summed E-state index contributed by atoms with van der Waals surface area (Å²) < 4.78 is 0. The first-order chi connectivity index (χ1) is 25.3. The van der Waals surface area contributed by atoms with Crippen LogP contribution in [0.25, 0.3) is 0 Å². The van der Waals surface area contributed by atoms with Crippen molar-refractivity contribution in [2.75, 3.05) is 14.7 Å². The molecule has 1 unspecified atom stereocenters. The second-order valence-corrected chi connectivity index (χ2v) is 12.1. The lowest BCUT2D eigenvalue weighted by atomic mass is 10.0. The molecule has 0 heterocycles. The number of rotatable bonds is 12. The summed E-state index contributed by atoms with van der Waals surface area (Å²) in [6, 6.07) is 70.7. The molecule has 0 aliphatic heterocycles. The van der Waals surface area contributed by atoms with Gasteiger partial charge in [0.1, 0.15) is 0 Å². The fourth-order valence-electron chi connectivity index (χ4n) is 6.58. The summed E-state index contributed by atoms with van der Waals surface area (Å²) in [5, 5.41) is 0. The minimum absolute atomic E-state index is 0.161. The molecule has 0 saturated heterocycles. The van der Waals surface area contributed by atoms with Crippen LogP contribution in [0.3, 0.4) is 0 Å². The Bertz CT molecular complexity index is 1960. The summed E-state index contributed by atoms with van der Waals surface area (Å²) in [6.07, 6.45) is 8.64. The standard InChI is InChI=1S/C48H41N3/c1-2-3-9-34-44(39-24-10-4-11-25-39)51(47-37-22-20-35-45(47)49(40-26-12-5-13-27-40)41-28-14-6-15-29-41)48-38-23-21-36-46(48)50(42-30-16-7-17-31-42)43-32-18-8-19-33-43/h2-38,44H,1H3/b3-2-,34-9-. The fraction of sp³-hybridized carbons (Fsp3) is 0.0417. The average Bonchev–Trinajstić information content (AvgIpc) is 3.21. The lowest BCUT2D eigenvalue weighted by molar-refractivity contribution is 0.849. The molecule has 1 atom stereocenters. The van der Waals surface area contributed by atoms with E-state index in [1.165, 1.54) is 5.56 Å². The molecule has 7 aromatic carbocycles. The summed E-state index contributed by atoms with van der Waals surface area (Å²) in [5.41, 5.74) is 9.78. The van der Waals surface area contributed by atoms with Crippen molar-refractivity contribution in [1.29, 1.82) is 0 Å². The van der Waals surface area contributed by atoms with E-state index in [1.54, 1.807) is 0 Å². The maximum absolute atomic E-state index is 2.50. The minimum atomic E-state index is -0.161. The molecule has 248 valence electrons. The van der Waals surface area contributed by atoms with Gasteiger partial charge in [-0.25, -0.2) is 0 Å². The third-order valence-electron chi connectivity index (χ3n) is 8.84. The number of hydrogen-bond acceptors (Lipinski definition) is 3. The zero-order chi connectivity index (χ0) is 34.7. The van der Waals surface area contributed by atoms with E-state index in [0.717, 1.165) is 45.5 Å². The van der Waals surface area contributed by atoms with Gasteiger partial charge < -0.3 is 14.7 Å². The molecule has 51 heavy (non-hydrogen) atoms. The summed E-state index contributed by atoms with van der Waals surface area (Å²) in [7, 11) is 0. The van der Waals surface area contributed by atoms with Crippen LogP contribution in [0.2, 0.25) is 0 Å². The van der Waals surface area contributed by atoms with Crippen molar-refractivity contribution in [1.82, 2.24) is 0 Å². The molecule has 0 fully saturated rings. The van der Waals surface area contributed by atoms with Crippen molar-refractivity contribution in [2.45, 2.75) is 13.0 Å². The van der Waals surface area contributed by atoms with Gasteiger partial charge in [0.25, 0.3) is 0 Å². The Balaban J connectivity index is 1.54. The largest absolute Gasteiger partial charge is 0.327 e. The smallest absolute Gasteiger partial charge is 0.0780 e. The van der Waals surface area contributed by atoms with Crippen molar-refractivity contribution in [3.63, 3.8) is 0 Å². The van der Waals surface area contributed by atoms with Gasteiger partial charge in [-0.05, 0) is 85.3 Å². The highest BCUT2D eigenvalue weighted by Gasteiger charge is 2.29. The van der Waals surface area contributed by atoms with E-state index in [1.807, 2.05) is 0 Å². The van der Waals surface area contributed by atoms with Gasteiger partial charge in [-0.15, -0.1) is 0 Å². The molecule has 3 heteroatoms. The lowest BCUT2D eigenvalue weighted by Crippen LogP contribution is -2.26. The summed E-state index contributed by atoms with van der Waals surface area (Å²) >= 11 is 0. The summed E-state index contributed by atoms with van der Waals surface area (Å²) in [4.78, 5) is 7.21. The Hall–Kier alpha value is -6.58. The quantitative estimate of drug-likeness (QED) is 0.121. The monoisotopic (exact) mass is 659 g/mol. The molecule has 0 amide bonds. The van der Waals surface area contributed by atoms with Gasteiger partial charge in [0, 0.05) is 22.7 Å². The molecular weight excluding hydrogens is 619 g/mol. The summed E-state index contributed by atoms with van der Waals surface area (Å²) in [5.74, 6) is 0. The maximum atomic E-state index is 2.50. The molecule has 0 spiro atoms. The third-order valence-corrected chi connectivity index (χ3v) is 8.84. The molecule has 0 aliphatic carbocycles. The first-order valence-corrected chi connectivity index (χ1v) is 17.5. The first kappa shape index (κ1) is 32.9. The van der Waals surface area contributed by atoms with Gasteiger partial charge in [0.2, 0.25) is 0 Å². The Labute approximate surface area is 302 Å². The predicted molar refractivity (Wildman–Crippen MR) is 218 cm³/mol. The van der Waals surface area contributed by atoms with Crippen LogP contribution in [-0.4, -0.2) is 0 Å². The van der Waals surface area contributed by atoms with Gasteiger partial charge in [-0.2, -0.15) is 0 Å². The van der Waals surface area contributed by atoms with Crippen LogP contribution in [0.1, 0.15) is 18.5 Å². The van der Waals surface area contributed by atoms with E-state index >= 15 is 0 Å². The number of para-hydroxylation sites is 8. The van der Waals surface area contributed by atoms with E-state index in [0.29, 0.717) is 0 Å². The van der Waals surface area contributed by atoms with Crippen LogP contribution in [0, 0.1) is 0 Å². The third kappa shape index (κ3) is 7.39. The highest BCUT2D eigenvalue weighted by molar-refractivity contribution is 5.93. The SMILES string of the molecule is C/C=C\C=C/C(c1ccccc1)N(c1ccccc1N(c1ccccc1)c1ccccc1)c1ccccc1N(c1ccccc1)c1ccccc1. The topological polar surface area (TPSA) is 9.72 Å². The Morgan fingerprint density at radius 2 is 0.667 bits per heavy atom. The van der Waals surface area contributed by atoms with Gasteiger partial charge in [0.05, 0.1) is 28.8 Å². The fourth-order valence-corrected chi connectivity index (χ4v) is 6.58. The summed E-state index contributed by atoms with van der Waals surface area (Å²) in [6.45, 7) is 2.05.